The molecular formula is C15H24O12. The molecule has 27 heavy (non-hydrogen) atoms. The molecule has 156 valence electrons. The van der Waals surface area contributed by atoms with E-state index in [0.29, 0.717) is 0 Å². The highest BCUT2D eigenvalue weighted by Gasteiger charge is 2.51. The van der Waals surface area contributed by atoms with E-state index in [0.717, 1.165) is 0 Å². The number of carbonyl (C=O) groups excluding carboxylic acids is 1. The molecule has 4 unspecified atom stereocenters. The second kappa shape index (κ2) is 8.86. The van der Waals surface area contributed by atoms with Gasteiger partial charge in [0.1, 0.15) is 36.3 Å². The highest BCUT2D eigenvalue weighted by molar-refractivity contribution is 5.75. The Morgan fingerprint density at radius 1 is 0.963 bits per heavy atom. The van der Waals surface area contributed by atoms with Crippen molar-refractivity contribution in [2.24, 2.45) is 5.92 Å². The first-order valence-corrected chi connectivity index (χ1v) is 8.28. The Balaban J connectivity index is 2.20. The first-order chi connectivity index (χ1) is 12.6. The summed E-state index contributed by atoms with van der Waals surface area (Å²) >= 11 is 0. The number of aliphatic hydroxyl groups excluding tert-OH is 6. The molecule has 2 rings (SSSR count). The minimum Gasteiger partial charge on any atom is -0.479 e. The Bertz CT molecular complexity index is 541. The van der Waals surface area contributed by atoms with Gasteiger partial charge in [-0.15, -0.1) is 0 Å². The number of ketones is 1. The van der Waals surface area contributed by atoms with Crippen LogP contribution in [0.15, 0.2) is 0 Å². The van der Waals surface area contributed by atoms with Crippen LogP contribution in [-0.4, -0.2) is 109 Å². The van der Waals surface area contributed by atoms with Crippen LogP contribution < -0.4 is 0 Å². The molecular weight excluding hydrogens is 372 g/mol. The number of hydrogen-bond acceptors (Lipinski definition) is 11. The largest absolute Gasteiger partial charge is 0.479 e. The van der Waals surface area contributed by atoms with Gasteiger partial charge in [-0.3, -0.25) is 0 Å². The van der Waals surface area contributed by atoms with E-state index < -0.39 is 73.8 Å². The van der Waals surface area contributed by atoms with Gasteiger partial charge in [-0.25, -0.2) is 4.79 Å². The highest BCUT2D eigenvalue weighted by atomic mass is 16.7. The molecule has 0 aliphatic carbocycles. The zero-order valence-corrected chi connectivity index (χ0v) is 14.4. The van der Waals surface area contributed by atoms with Crippen molar-refractivity contribution in [2.45, 2.75) is 68.7 Å². The minimum absolute atomic E-state index is 0.270. The van der Waals surface area contributed by atoms with Crippen molar-refractivity contribution >= 4 is 11.8 Å². The summed E-state index contributed by atoms with van der Waals surface area (Å²) < 4.78 is 15.5. The zero-order valence-electron chi connectivity index (χ0n) is 14.4. The van der Waals surface area contributed by atoms with Crippen LogP contribution in [-0.2, 0) is 23.8 Å². The molecule has 0 aromatic rings. The van der Waals surface area contributed by atoms with Gasteiger partial charge in [-0.05, 0) is 6.92 Å². The lowest BCUT2D eigenvalue weighted by Crippen LogP contribution is -2.64. The van der Waals surface area contributed by atoms with Gasteiger partial charge in [0.05, 0.1) is 12.7 Å². The van der Waals surface area contributed by atoms with Crippen LogP contribution in [0, 0.1) is 5.92 Å². The van der Waals surface area contributed by atoms with Crippen LogP contribution >= 0.6 is 0 Å². The van der Waals surface area contributed by atoms with Gasteiger partial charge in [0.25, 0.3) is 0 Å². The maximum atomic E-state index is 11.3. The van der Waals surface area contributed by atoms with Crippen molar-refractivity contribution in [3.8, 4) is 0 Å². The Morgan fingerprint density at radius 3 is 2.11 bits per heavy atom. The first-order valence-electron chi connectivity index (χ1n) is 8.28. The van der Waals surface area contributed by atoms with Gasteiger partial charge in [0.2, 0.25) is 0 Å². The molecule has 2 heterocycles. The van der Waals surface area contributed by atoms with Gasteiger partial charge in [0.15, 0.2) is 18.7 Å². The van der Waals surface area contributed by atoms with E-state index in [-0.39, 0.29) is 12.2 Å². The molecule has 2 aliphatic rings. The third kappa shape index (κ3) is 4.62. The number of Topliss-reactive ketones (excluding diaryl/α,β-unsaturated/α-hetero) is 1. The number of carbonyl (C=O) groups is 2. The molecule has 12 nitrogen and oxygen atoms in total. The van der Waals surface area contributed by atoms with Crippen molar-refractivity contribution in [1.29, 1.82) is 0 Å². The SMILES string of the molecule is CC(=O)CC1[C@H](O)OC(CO)[C@@H](O[C@@H]2OC(C(=O)O)[C@@H](O)[C@H](O)C2O)[C@@H]1O. The number of aliphatic hydroxyl groups is 6. The van der Waals surface area contributed by atoms with Gasteiger partial charge in [-0.2, -0.15) is 0 Å². The Kier molecular flexibility index (Phi) is 7.24. The van der Waals surface area contributed by atoms with Crippen molar-refractivity contribution < 1.29 is 59.5 Å². The van der Waals surface area contributed by atoms with E-state index in [2.05, 4.69) is 0 Å². The summed E-state index contributed by atoms with van der Waals surface area (Å²) in [5, 5.41) is 68.3. The smallest absolute Gasteiger partial charge is 0.335 e. The van der Waals surface area contributed by atoms with Crippen molar-refractivity contribution in [3.05, 3.63) is 0 Å². The molecule has 0 aromatic carbocycles. The summed E-state index contributed by atoms with van der Waals surface area (Å²) in [4.78, 5) is 22.5. The lowest BCUT2D eigenvalue weighted by atomic mass is 9.87. The van der Waals surface area contributed by atoms with Crippen molar-refractivity contribution in [2.75, 3.05) is 6.61 Å². The fourth-order valence-corrected chi connectivity index (χ4v) is 3.18. The Labute approximate surface area is 153 Å². The first kappa shape index (κ1) is 22.1. The molecule has 2 fully saturated rings. The van der Waals surface area contributed by atoms with E-state index in [9.17, 15) is 40.2 Å². The second-order valence-corrected chi connectivity index (χ2v) is 6.64. The molecule has 2 aliphatic heterocycles. The van der Waals surface area contributed by atoms with Crippen LogP contribution in [0.1, 0.15) is 13.3 Å². The van der Waals surface area contributed by atoms with E-state index in [1.54, 1.807) is 0 Å². The van der Waals surface area contributed by atoms with E-state index in [1.165, 1.54) is 6.92 Å². The van der Waals surface area contributed by atoms with Gasteiger partial charge < -0.3 is 54.8 Å². The number of hydrogen-bond donors (Lipinski definition) is 7. The van der Waals surface area contributed by atoms with E-state index in [4.69, 9.17) is 19.3 Å². The minimum atomic E-state index is -1.93. The predicted octanol–water partition coefficient (Wildman–Crippen LogP) is -4.07. The summed E-state index contributed by atoms with van der Waals surface area (Å²) in [5.41, 5.74) is 0. The fraction of sp³-hybridized carbons (Fsp3) is 0.867. The van der Waals surface area contributed by atoms with Crippen LogP contribution in [0.3, 0.4) is 0 Å². The number of carboxylic acids is 1. The summed E-state index contributed by atoms with van der Waals surface area (Å²) in [5.74, 6) is -3.09. The van der Waals surface area contributed by atoms with Crippen molar-refractivity contribution in [3.63, 3.8) is 0 Å². The van der Waals surface area contributed by atoms with Gasteiger partial charge in [0, 0.05) is 12.3 Å². The van der Waals surface area contributed by atoms with Crippen LogP contribution in [0.25, 0.3) is 0 Å². The van der Waals surface area contributed by atoms with Gasteiger partial charge >= 0.3 is 5.97 Å². The average Bonchev–Trinajstić information content (AvgIpc) is 2.60. The Hall–Kier alpha value is -1.22. The molecule has 0 bridgehead atoms. The Morgan fingerprint density at radius 2 is 1.59 bits per heavy atom. The summed E-state index contributed by atoms with van der Waals surface area (Å²) in [6, 6.07) is 0. The third-order valence-corrected chi connectivity index (χ3v) is 4.63. The highest BCUT2D eigenvalue weighted by Crippen LogP contribution is 2.32. The zero-order chi connectivity index (χ0) is 20.5. The predicted molar refractivity (Wildman–Crippen MR) is 82.0 cm³/mol. The third-order valence-electron chi connectivity index (χ3n) is 4.63. The normalized spacial score (nSPS) is 45.4. The summed E-state index contributed by atoms with van der Waals surface area (Å²) in [6.07, 6.45) is -15.5. The van der Waals surface area contributed by atoms with Crippen LogP contribution in [0.5, 0.6) is 0 Å². The van der Waals surface area contributed by atoms with Crippen LogP contribution in [0.2, 0.25) is 0 Å². The van der Waals surface area contributed by atoms with Gasteiger partial charge in [-0.1, -0.05) is 0 Å². The lowest BCUT2D eigenvalue weighted by Gasteiger charge is -2.45. The molecule has 7 N–H and O–H groups in total. The molecule has 0 radical (unpaired) electrons. The summed E-state index contributed by atoms with van der Waals surface area (Å²) in [6.45, 7) is 0.512. The molecule has 0 spiro atoms. The molecule has 2 saturated heterocycles. The molecule has 0 aromatic heterocycles. The average molecular weight is 396 g/mol. The topological polar surface area (TPSA) is 203 Å². The van der Waals surface area contributed by atoms with Crippen LogP contribution in [0.4, 0.5) is 0 Å². The molecule has 0 saturated carbocycles. The molecule has 12 heteroatoms. The number of carboxylic acid groups (broad SMARTS) is 1. The maximum absolute atomic E-state index is 11.3. The second-order valence-electron chi connectivity index (χ2n) is 6.64. The summed E-state index contributed by atoms with van der Waals surface area (Å²) in [7, 11) is 0. The maximum Gasteiger partial charge on any atom is 0.335 e. The molecule has 0 amide bonds. The van der Waals surface area contributed by atoms with E-state index >= 15 is 0 Å². The fourth-order valence-electron chi connectivity index (χ4n) is 3.18. The standard InChI is InChI=1S/C15H24O12/c1-4(17)2-5-7(18)11(6(3-16)25-14(5)24)26-15-10(21)8(19)9(20)12(27-15)13(22)23/h5-12,14-16,18-21,24H,2-3H2,1H3,(H,22,23)/t5?,6?,7-,8+,9+,10?,11-,12?,14-,15-/m1/s1. The number of aliphatic carboxylic acids is 1. The monoisotopic (exact) mass is 396 g/mol. The van der Waals surface area contributed by atoms with E-state index in [1.807, 2.05) is 0 Å². The number of rotatable bonds is 6. The molecule has 10 atom stereocenters. The number of ether oxygens (including phenoxy) is 3. The lowest BCUT2D eigenvalue weighted by molar-refractivity contribution is -0.345. The quantitative estimate of drug-likeness (QED) is 0.229. The van der Waals surface area contributed by atoms with Crippen molar-refractivity contribution in [1.82, 2.24) is 0 Å².